The molecule has 0 radical (unpaired) electrons. The summed E-state index contributed by atoms with van der Waals surface area (Å²) in [5, 5.41) is 14.9. The Labute approximate surface area is 89.0 Å². The molecule has 0 saturated carbocycles. The normalized spacial score (nSPS) is 12.2. The molecular weight excluding hydrogens is 218 g/mol. The summed E-state index contributed by atoms with van der Waals surface area (Å²) < 4.78 is 25.1. The van der Waals surface area contributed by atoms with Crippen molar-refractivity contribution in [1.29, 1.82) is 0 Å². The molecule has 0 aliphatic carbocycles. The third-order valence-electron chi connectivity index (χ3n) is 1.92. The lowest BCUT2D eigenvalue weighted by Crippen LogP contribution is -2.34. The first-order valence-corrected chi connectivity index (χ1v) is 6.17. The summed E-state index contributed by atoms with van der Waals surface area (Å²) in [5.74, 6) is 0. The molecule has 0 bridgehead atoms. The second-order valence-electron chi connectivity index (χ2n) is 3.05. The van der Waals surface area contributed by atoms with Gasteiger partial charge in [-0.25, -0.2) is 8.42 Å². The predicted molar refractivity (Wildman–Crippen MR) is 54.7 cm³/mol. The second kappa shape index (κ2) is 5.24. The number of aliphatic hydroxyl groups excluding tert-OH is 1. The average Bonchev–Trinajstić information content (AvgIpc) is 2.70. The molecule has 1 rings (SSSR count). The van der Waals surface area contributed by atoms with Crippen molar-refractivity contribution >= 4 is 10.0 Å². The van der Waals surface area contributed by atoms with Gasteiger partial charge in [-0.15, -0.1) is 0 Å². The molecular formula is C8H15N3O3S. The number of rotatable bonds is 6. The molecule has 0 spiro atoms. The quantitative estimate of drug-likeness (QED) is 0.712. The summed E-state index contributed by atoms with van der Waals surface area (Å²) in [6, 6.07) is 1.40. The van der Waals surface area contributed by atoms with Crippen molar-refractivity contribution in [2.24, 2.45) is 0 Å². The van der Waals surface area contributed by atoms with Gasteiger partial charge < -0.3 is 5.11 Å². The van der Waals surface area contributed by atoms with Crippen LogP contribution in [0, 0.1) is 0 Å². The van der Waals surface area contributed by atoms with Crippen molar-refractivity contribution < 1.29 is 13.5 Å². The number of nitrogens with zero attached hydrogens (tertiary/aromatic N) is 2. The zero-order valence-electron chi connectivity index (χ0n) is 8.55. The van der Waals surface area contributed by atoms with E-state index in [1.54, 1.807) is 0 Å². The van der Waals surface area contributed by atoms with Gasteiger partial charge in [-0.2, -0.15) is 9.40 Å². The monoisotopic (exact) mass is 233 g/mol. The first-order valence-electron chi connectivity index (χ1n) is 4.73. The fourth-order valence-electron chi connectivity index (χ4n) is 1.24. The molecule has 0 aliphatic rings. The van der Waals surface area contributed by atoms with Gasteiger partial charge >= 0.3 is 0 Å². The number of hydrogen-bond acceptors (Lipinski definition) is 4. The summed E-state index contributed by atoms with van der Waals surface area (Å²) >= 11 is 0. The average molecular weight is 233 g/mol. The second-order valence-corrected chi connectivity index (χ2v) is 4.95. The molecule has 0 aliphatic heterocycles. The van der Waals surface area contributed by atoms with E-state index in [9.17, 15) is 8.42 Å². The Kier molecular flexibility index (Phi) is 4.25. The number of aromatic amines is 1. The van der Waals surface area contributed by atoms with Crippen LogP contribution in [0.1, 0.15) is 13.3 Å². The van der Waals surface area contributed by atoms with Crippen molar-refractivity contribution in [3.63, 3.8) is 0 Å². The van der Waals surface area contributed by atoms with E-state index in [0.717, 1.165) is 0 Å². The number of aliphatic hydroxyl groups is 1. The molecule has 86 valence electrons. The molecule has 0 atom stereocenters. The molecule has 15 heavy (non-hydrogen) atoms. The van der Waals surface area contributed by atoms with Crippen LogP contribution in [0.3, 0.4) is 0 Å². The molecule has 0 aromatic carbocycles. The van der Waals surface area contributed by atoms with Crippen LogP contribution in [-0.2, 0) is 10.0 Å². The molecule has 1 aromatic rings. The van der Waals surface area contributed by atoms with E-state index < -0.39 is 10.0 Å². The third-order valence-corrected chi connectivity index (χ3v) is 3.74. The fourth-order valence-corrected chi connectivity index (χ4v) is 2.66. The minimum absolute atomic E-state index is 0.0596. The Hall–Kier alpha value is -0.920. The largest absolute Gasteiger partial charge is 0.395 e. The van der Waals surface area contributed by atoms with Crippen LogP contribution in [0.4, 0.5) is 0 Å². The van der Waals surface area contributed by atoms with E-state index in [2.05, 4.69) is 10.2 Å². The van der Waals surface area contributed by atoms with Crippen molar-refractivity contribution in [3.05, 3.63) is 12.3 Å². The topological polar surface area (TPSA) is 86.3 Å². The van der Waals surface area contributed by atoms with Crippen LogP contribution < -0.4 is 0 Å². The van der Waals surface area contributed by atoms with Crippen molar-refractivity contribution in [3.8, 4) is 0 Å². The Morgan fingerprint density at radius 1 is 1.53 bits per heavy atom. The van der Waals surface area contributed by atoms with E-state index >= 15 is 0 Å². The molecule has 7 heteroatoms. The smallest absolute Gasteiger partial charge is 0.260 e. The number of H-pyrrole nitrogens is 1. The molecule has 1 aromatic heterocycles. The van der Waals surface area contributed by atoms with E-state index in [0.29, 0.717) is 13.0 Å². The SMILES string of the molecule is CCCN(CCO)S(=O)(=O)c1ccn[nH]1. The molecule has 0 amide bonds. The van der Waals surface area contributed by atoms with Gasteiger partial charge in [0.25, 0.3) is 10.0 Å². The molecule has 2 N–H and O–H groups in total. The van der Waals surface area contributed by atoms with Crippen LogP contribution in [-0.4, -0.2) is 47.7 Å². The lowest BCUT2D eigenvalue weighted by molar-refractivity contribution is 0.253. The highest BCUT2D eigenvalue weighted by Crippen LogP contribution is 2.11. The van der Waals surface area contributed by atoms with Crippen molar-refractivity contribution in [2.75, 3.05) is 19.7 Å². The van der Waals surface area contributed by atoms with Crippen LogP contribution in [0.25, 0.3) is 0 Å². The Bertz CT molecular complexity index is 368. The van der Waals surface area contributed by atoms with Crippen LogP contribution >= 0.6 is 0 Å². The van der Waals surface area contributed by atoms with Gasteiger partial charge in [0.1, 0.15) is 0 Å². The van der Waals surface area contributed by atoms with E-state index in [4.69, 9.17) is 5.11 Å². The third kappa shape index (κ3) is 2.77. The Morgan fingerprint density at radius 3 is 2.73 bits per heavy atom. The molecule has 0 saturated heterocycles. The molecule has 0 fully saturated rings. The number of sulfonamides is 1. The van der Waals surface area contributed by atoms with E-state index in [1.807, 2.05) is 6.92 Å². The zero-order valence-corrected chi connectivity index (χ0v) is 9.37. The van der Waals surface area contributed by atoms with Crippen molar-refractivity contribution in [1.82, 2.24) is 14.5 Å². The van der Waals surface area contributed by atoms with Gasteiger partial charge in [0.15, 0.2) is 5.03 Å². The van der Waals surface area contributed by atoms with E-state index in [-0.39, 0.29) is 18.2 Å². The van der Waals surface area contributed by atoms with Gasteiger partial charge in [-0.3, -0.25) is 5.10 Å². The lowest BCUT2D eigenvalue weighted by Gasteiger charge is -2.19. The van der Waals surface area contributed by atoms with Gasteiger partial charge in [0.05, 0.1) is 12.8 Å². The fraction of sp³-hybridized carbons (Fsp3) is 0.625. The van der Waals surface area contributed by atoms with Crippen LogP contribution in [0.2, 0.25) is 0 Å². The Morgan fingerprint density at radius 2 is 2.27 bits per heavy atom. The van der Waals surface area contributed by atoms with E-state index in [1.165, 1.54) is 16.6 Å². The molecule has 1 heterocycles. The summed E-state index contributed by atoms with van der Waals surface area (Å²) in [6.07, 6.45) is 2.09. The van der Waals surface area contributed by atoms with Gasteiger partial charge in [0, 0.05) is 13.1 Å². The molecule has 6 nitrogen and oxygen atoms in total. The Balaban J connectivity index is 2.91. The summed E-state index contributed by atoms with van der Waals surface area (Å²) in [6.45, 7) is 2.19. The maximum absolute atomic E-state index is 11.9. The van der Waals surface area contributed by atoms with Crippen LogP contribution in [0.5, 0.6) is 0 Å². The predicted octanol–water partition coefficient (Wildman–Crippen LogP) is -0.197. The van der Waals surface area contributed by atoms with Gasteiger partial charge in [-0.1, -0.05) is 6.92 Å². The van der Waals surface area contributed by atoms with Crippen molar-refractivity contribution in [2.45, 2.75) is 18.4 Å². The van der Waals surface area contributed by atoms with Gasteiger partial charge in [-0.05, 0) is 12.5 Å². The number of hydrogen-bond donors (Lipinski definition) is 2. The highest BCUT2D eigenvalue weighted by Gasteiger charge is 2.24. The highest BCUT2D eigenvalue weighted by atomic mass is 32.2. The standard InChI is InChI=1S/C8H15N3O3S/c1-2-5-11(6-7-12)15(13,14)8-3-4-9-10-8/h3-4,12H,2,5-7H2,1H3,(H,9,10). The first kappa shape index (κ1) is 12.2. The highest BCUT2D eigenvalue weighted by molar-refractivity contribution is 7.89. The summed E-state index contributed by atoms with van der Waals surface area (Å²) in [5.41, 5.74) is 0. The lowest BCUT2D eigenvalue weighted by atomic mass is 10.5. The number of nitrogens with one attached hydrogen (secondary N) is 1. The summed E-state index contributed by atoms with van der Waals surface area (Å²) in [4.78, 5) is 0. The van der Waals surface area contributed by atoms with Gasteiger partial charge in [0.2, 0.25) is 0 Å². The minimum Gasteiger partial charge on any atom is -0.395 e. The minimum atomic E-state index is -3.53. The maximum atomic E-state index is 11.9. The number of aromatic nitrogens is 2. The van der Waals surface area contributed by atoms with Crippen LogP contribution in [0.15, 0.2) is 17.3 Å². The molecule has 0 unspecified atom stereocenters. The summed E-state index contributed by atoms with van der Waals surface area (Å²) in [7, 11) is -3.53. The first-order chi connectivity index (χ1) is 7.12. The zero-order chi connectivity index (χ0) is 11.3. The maximum Gasteiger partial charge on any atom is 0.260 e.